The first-order chi connectivity index (χ1) is 16.1. The standard InChI is InChI=1S/C26H33N3O5/c1-14-13-33-28-15(2)21(14)17-11-18(23(30)20-7-6-10-32-20)22-19(12-17)29(24(27-22)16-8-9-16)25(31)34-26(3,4)5/h11-12,16,20,23,30H,6-10,13H2,1-5H3. The lowest BCUT2D eigenvalue weighted by Gasteiger charge is -2.22. The first kappa shape index (κ1) is 23.1. The van der Waals surface area contributed by atoms with Gasteiger partial charge in [-0.2, -0.15) is 0 Å². The zero-order chi connectivity index (χ0) is 24.2. The van der Waals surface area contributed by atoms with Crippen molar-refractivity contribution in [3.8, 4) is 0 Å². The lowest BCUT2D eigenvalue weighted by Crippen LogP contribution is -2.28. The molecule has 182 valence electrons. The second-order valence-electron chi connectivity index (χ2n) is 10.6. The van der Waals surface area contributed by atoms with Gasteiger partial charge in [-0.05, 0) is 83.6 Å². The molecule has 1 aromatic carbocycles. The van der Waals surface area contributed by atoms with Gasteiger partial charge in [-0.3, -0.25) is 0 Å². The van der Waals surface area contributed by atoms with Crippen LogP contribution in [0.1, 0.15) is 89.3 Å². The maximum atomic E-state index is 13.4. The predicted octanol–water partition coefficient (Wildman–Crippen LogP) is 5.09. The normalized spacial score (nSPS) is 22.1. The summed E-state index contributed by atoms with van der Waals surface area (Å²) in [6.45, 7) is 10.5. The van der Waals surface area contributed by atoms with Crippen molar-refractivity contribution in [1.82, 2.24) is 9.55 Å². The van der Waals surface area contributed by atoms with E-state index in [1.807, 2.05) is 46.8 Å². The fraction of sp³-hybridized carbons (Fsp3) is 0.577. The molecule has 1 aliphatic carbocycles. The second-order valence-corrected chi connectivity index (χ2v) is 10.6. The fourth-order valence-electron chi connectivity index (χ4n) is 4.87. The largest absolute Gasteiger partial charge is 0.443 e. The van der Waals surface area contributed by atoms with Crippen LogP contribution in [0.4, 0.5) is 4.79 Å². The van der Waals surface area contributed by atoms with Crippen molar-refractivity contribution in [2.45, 2.75) is 84.0 Å². The van der Waals surface area contributed by atoms with Gasteiger partial charge < -0.3 is 19.4 Å². The molecule has 2 atom stereocenters. The SMILES string of the molecule is CC1=NOCC(C)=C1c1cc(C(O)C2CCCO2)c2nc(C3CC3)n(C(=O)OC(C)(C)C)c2c1. The smallest absolute Gasteiger partial charge is 0.420 e. The Morgan fingerprint density at radius 1 is 1.24 bits per heavy atom. The minimum absolute atomic E-state index is 0.212. The minimum Gasteiger partial charge on any atom is -0.443 e. The Labute approximate surface area is 199 Å². The Morgan fingerprint density at radius 3 is 2.62 bits per heavy atom. The number of benzene rings is 1. The number of carbonyl (C=O) groups excluding carboxylic acids is 1. The molecule has 2 fully saturated rings. The molecule has 1 aromatic heterocycles. The van der Waals surface area contributed by atoms with Crippen molar-refractivity contribution in [2.24, 2.45) is 5.16 Å². The van der Waals surface area contributed by atoms with E-state index >= 15 is 0 Å². The molecule has 2 aromatic rings. The first-order valence-corrected chi connectivity index (χ1v) is 12.1. The zero-order valence-electron chi connectivity index (χ0n) is 20.6. The maximum absolute atomic E-state index is 13.4. The molecule has 8 nitrogen and oxygen atoms in total. The summed E-state index contributed by atoms with van der Waals surface area (Å²) in [5.41, 5.74) is 4.91. The Bertz CT molecular complexity index is 1190. The van der Waals surface area contributed by atoms with E-state index in [1.165, 1.54) is 0 Å². The molecule has 5 rings (SSSR count). The van der Waals surface area contributed by atoms with Gasteiger partial charge >= 0.3 is 6.09 Å². The van der Waals surface area contributed by atoms with E-state index in [4.69, 9.17) is 19.3 Å². The van der Waals surface area contributed by atoms with Crippen LogP contribution in [-0.2, 0) is 14.3 Å². The van der Waals surface area contributed by atoms with Crippen LogP contribution in [0.2, 0.25) is 0 Å². The van der Waals surface area contributed by atoms with Crippen molar-refractivity contribution in [3.63, 3.8) is 0 Å². The molecule has 0 radical (unpaired) electrons. The minimum atomic E-state index is -0.850. The third kappa shape index (κ3) is 4.25. The summed E-state index contributed by atoms with van der Waals surface area (Å²) in [6, 6.07) is 3.94. The monoisotopic (exact) mass is 467 g/mol. The number of nitrogens with zero attached hydrogens (tertiary/aromatic N) is 3. The number of imidazole rings is 1. The van der Waals surface area contributed by atoms with Crippen molar-refractivity contribution < 1.29 is 24.2 Å². The quantitative estimate of drug-likeness (QED) is 0.673. The summed E-state index contributed by atoms with van der Waals surface area (Å²) < 4.78 is 13.2. The highest BCUT2D eigenvalue weighted by Gasteiger charge is 2.36. The van der Waals surface area contributed by atoms with Crippen molar-refractivity contribution in [3.05, 3.63) is 34.7 Å². The summed E-state index contributed by atoms with van der Waals surface area (Å²) in [4.78, 5) is 23.6. The van der Waals surface area contributed by atoms with Gasteiger partial charge in [-0.15, -0.1) is 0 Å². The summed E-state index contributed by atoms with van der Waals surface area (Å²) in [7, 11) is 0. The van der Waals surface area contributed by atoms with Crippen LogP contribution in [0.15, 0.2) is 22.9 Å². The van der Waals surface area contributed by atoms with Crippen LogP contribution in [0.25, 0.3) is 16.6 Å². The number of hydrogen-bond donors (Lipinski definition) is 1. The van der Waals surface area contributed by atoms with E-state index in [0.29, 0.717) is 35.6 Å². The van der Waals surface area contributed by atoms with Crippen LogP contribution in [0.3, 0.4) is 0 Å². The van der Waals surface area contributed by atoms with Crippen molar-refractivity contribution >= 4 is 28.4 Å². The number of oxime groups is 1. The predicted molar refractivity (Wildman–Crippen MR) is 129 cm³/mol. The van der Waals surface area contributed by atoms with Crippen molar-refractivity contribution in [1.29, 1.82) is 0 Å². The van der Waals surface area contributed by atoms with Gasteiger partial charge in [0.15, 0.2) is 0 Å². The third-order valence-electron chi connectivity index (χ3n) is 6.53. The molecule has 2 aliphatic heterocycles. The molecule has 3 heterocycles. The van der Waals surface area contributed by atoms with E-state index in [0.717, 1.165) is 48.1 Å². The maximum Gasteiger partial charge on any atom is 0.420 e. The Morgan fingerprint density at radius 2 is 2.00 bits per heavy atom. The summed E-state index contributed by atoms with van der Waals surface area (Å²) >= 11 is 0. The van der Waals surface area contributed by atoms with Gasteiger partial charge in [0.05, 0.1) is 22.8 Å². The molecule has 1 saturated carbocycles. The van der Waals surface area contributed by atoms with Gasteiger partial charge in [0, 0.05) is 23.7 Å². The van der Waals surface area contributed by atoms with Crippen LogP contribution in [0, 0.1) is 0 Å². The summed E-state index contributed by atoms with van der Waals surface area (Å²) in [5.74, 6) is 0.911. The van der Waals surface area contributed by atoms with Crippen LogP contribution >= 0.6 is 0 Å². The molecule has 1 N–H and O–H groups in total. The van der Waals surface area contributed by atoms with Crippen LogP contribution < -0.4 is 0 Å². The number of hydrogen-bond acceptors (Lipinski definition) is 7. The van der Waals surface area contributed by atoms with Crippen LogP contribution in [-0.4, -0.2) is 51.4 Å². The number of aliphatic hydroxyl groups excluding tert-OH is 1. The Balaban J connectivity index is 1.75. The fourth-order valence-corrected chi connectivity index (χ4v) is 4.87. The van der Waals surface area contributed by atoms with E-state index in [2.05, 4.69) is 5.16 Å². The second kappa shape index (κ2) is 8.50. The number of allylic oxidation sites excluding steroid dienone is 1. The number of fused-ring (bicyclic) bond motifs is 1. The Kier molecular flexibility index (Phi) is 5.76. The molecule has 2 unspecified atom stereocenters. The molecule has 8 heteroatoms. The highest BCUT2D eigenvalue weighted by molar-refractivity contribution is 6.24. The average molecular weight is 468 g/mol. The summed E-state index contributed by atoms with van der Waals surface area (Å²) in [6.07, 6.45) is 2.06. The van der Waals surface area contributed by atoms with Crippen molar-refractivity contribution in [2.75, 3.05) is 13.2 Å². The number of ether oxygens (including phenoxy) is 2. The topological polar surface area (TPSA) is 95.2 Å². The van der Waals surface area contributed by atoms with Gasteiger partial charge in [-0.1, -0.05) is 5.16 Å². The number of aromatic nitrogens is 2. The molecular formula is C26H33N3O5. The first-order valence-electron chi connectivity index (χ1n) is 12.1. The molecule has 3 aliphatic rings. The third-order valence-corrected chi connectivity index (χ3v) is 6.53. The van der Waals surface area contributed by atoms with E-state index in [-0.39, 0.29) is 12.0 Å². The number of rotatable bonds is 4. The van der Waals surface area contributed by atoms with Crippen LogP contribution in [0.5, 0.6) is 0 Å². The lowest BCUT2D eigenvalue weighted by atomic mass is 9.91. The van der Waals surface area contributed by atoms with Gasteiger partial charge in [0.25, 0.3) is 0 Å². The van der Waals surface area contributed by atoms with E-state index < -0.39 is 17.8 Å². The molecule has 0 spiro atoms. The van der Waals surface area contributed by atoms with E-state index in [9.17, 15) is 9.90 Å². The van der Waals surface area contributed by atoms with Gasteiger partial charge in [0.1, 0.15) is 24.1 Å². The van der Waals surface area contributed by atoms with Gasteiger partial charge in [-0.25, -0.2) is 14.3 Å². The molecule has 0 amide bonds. The van der Waals surface area contributed by atoms with Gasteiger partial charge in [0.2, 0.25) is 0 Å². The zero-order valence-corrected chi connectivity index (χ0v) is 20.6. The number of aliphatic hydroxyl groups is 1. The molecule has 1 saturated heterocycles. The average Bonchev–Trinajstić information content (AvgIpc) is 3.30. The summed E-state index contributed by atoms with van der Waals surface area (Å²) in [5, 5.41) is 15.6. The Hall–Kier alpha value is -2.71. The van der Waals surface area contributed by atoms with E-state index in [1.54, 1.807) is 4.57 Å². The number of carbonyl (C=O) groups is 1. The molecular weight excluding hydrogens is 434 g/mol. The molecule has 34 heavy (non-hydrogen) atoms. The lowest BCUT2D eigenvalue weighted by molar-refractivity contribution is -0.00195. The highest BCUT2D eigenvalue weighted by atomic mass is 16.6. The molecule has 0 bridgehead atoms. The highest BCUT2D eigenvalue weighted by Crippen LogP contribution is 2.43.